The first-order valence-electron chi connectivity index (χ1n) is 4.28. The molecule has 0 bridgehead atoms. The minimum atomic E-state index is -3.43. The lowest BCUT2D eigenvalue weighted by Gasteiger charge is -2.24. The average Bonchev–Trinajstić information content (AvgIpc) is 2.72. The van der Waals surface area contributed by atoms with Crippen LogP contribution in [0.3, 0.4) is 0 Å². The van der Waals surface area contributed by atoms with Crippen LogP contribution in [0.5, 0.6) is 0 Å². The summed E-state index contributed by atoms with van der Waals surface area (Å²) in [5.41, 5.74) is 0. The minimum absolute atomic E-state index is 0.000556. The van der Waals surface area contributed by atoms with E-state index in [2.05, 4.69) is 9.97 Å². The second-order valence-corrected chi connectivity index (χ2v) is 4.76. The summed E-state index contributed by atoms with van der Waals surface area (Å²) in [5.74, 6) is 0. The van der Waals surface area contributed by atoms with Crippen molar-refractivity contribution >= 4 is 10.0 Å². The molecule has 1 aromatic heterocycles. The Hall–Kier alpha value is -0.920. The molecular formula is C7H11N3O3S. The number of imidazole rings is 1. The molecule has 1 saturated heterocycles. The molecule has 0 radical (unpaired) electrons. The van der Waals surface area contributed by atoms with Gasteiger partial charge in [-0.3, -0.25) is 0 Å². The van der Waals surface area contributed by atoms with Gasteiger partial charge < -0.3 is 9.72 Å². The van der Waals surface area contributed by atoms with E-state index < -0.39 is 10.0 Å². The monoisotopic (exact) mass is 217 g/mol. The fourth-order valence-electron chi connectivity index (χ4n) is 1.30. The third kappa shape index (κ3) is 1.66. The van der Waals surface area contributed by atoms with Gasteiger partial charge in [-0.15, -0.1) is 0 Å². The van der Waals surface area contributed by atoms with Crippen molar-refractivity contribution < 1.29 is 13.2 Å². The molecule has 0 aliphatic carbocycles. The van der Waals surface area contributed by atoms with Crippen LogP contribution >= 0.6 is 0 Å². The van der Waals surface area contributed by atoms with Crippen molar-refractivity contribution in [3.63, 3.8) is 0 Å². The first-order chi connectivity index (χ1) is 6.71. The van der Waals surface area contributed by atoms with Crippen LogP contribution in [-0.4, -0.2) is 49.0 Å². The number of rotatable bonds is 2. The van der Waals surface area contributed by atoms with E-state index in [9.17, 15) is 8.42 Å². The molecule has 0 spiro atoms. The maximum Gasteiger partial charge on any atom is 0.276 e. The molecule has 1 aliphatic rings. The third-order valence-electron chi connectivity index (χ3n) is 2.03. The zero-order valence-corrected chi connectivity index (χ0v) is 8.33. The van der Waals surface area contributed by atoms with Crippen LogP contribution in [0, 0.1) is 0 Å². The maximum absolute atomic E-state index is 11.8. The van der Waals surface area contributed by atoms with Gasteiger partial charge in [0.2, 0.25) is 5.16 Å². The number of aromatic nitrogens is 2. The molecule has 0 aromatic carbocycles. The topological polar surface area (TPSA) is 75.3 Å². The minimum Gasteiger partial charge on any atom is -0.379 e. The molecule has 7 heteroatoms. The first kappa shape index (κ1) is 9.63. The number of nitrogens with one attached hydrogen (secondary N) is 1. The van der Waals surface area contributed by atoms with Crippen LogP contribution in [-0.2, 0) is 14.8 Å². The van der Waals surface area contributed by atoms with Crippen LogP contribution in [0.15, 0.2) is 17.6 Å². The summed E-state index contributed by atoms with van der Waals surface area (Å²) in [5, 5.41) is -0.000556. The number of sulfonamides is 1. The van der Waals surface area contributed by atoms with Crippen molar-refractivity contribution in [2.75, 3.05) is 26.3 Å². The van der Waals surface area contributed by atoms with Crippen LogP contribution in [0.4, 0.5) is 0 Å². The summed E-state index contributed by atoms with van der Waals surface area (Å²) < 4.78 is 30.1. The predicted octanol–water partition coefficient (Wildman–Crippen LogP) is -0.569. The molecule has 78 valence electrons. The van der Waals surface area contributed by atoms with Gasteiger partial charge in [0.05, 0.1) is 13.2 Å². The van der Waals surface area contributed by atoms with Crippen molar-refractivity contribution in [2.24, 2.45) is 0 Å². The van der Waals surface area contributed by atoms with Gasteiger partial charge in [0.15, 0.2) is 0 Å². The van der Waals surface area contributed by atoms with Crippen molar-refractivity contribution in [1.29, 1.82) is 0 Å². The second kappa shape index (κ2) is 3.68. The summed E-state index contributed by atoms with van der Waals surface area (Å²) in [6.45, 7) is 1.67. The van der Waals surface area contributed by atoms with Gasteiger partial charge in [0.1, 0.15) is 0 Å². The van der Waals surface area contributed by atoms with Gasteiger partial charge in [0.25, 0.3) is 10.0 Å². The molecule has 1 aromatic rings. The van der Waals surface area contributed by atoms with Gasteiger partial charge >= 0.3 is 0 Å². The summed E-state index contributed by atoms with van der Waals surface area (Å²) in [7, 11) is -3.43. The van der Waals surface area contributed by atoms with Gasteiger partial charge in [-0.1, -0.05) is 0 Å². The van der Waals surface area contributed by atoms with Crippen LogP contribution in [0.1, 0.15) is 0 Å². The number of nitrogens with zero attached hydrogens (tertiary/aromatic N) is 2. The lowest BCUT2D eigenvalue weighted by Crippen LogP contribution is -2.41. The van der Waals surface area contributed by atoms with Crippen molar-refractivity contribution in [3.8, 4) is 0 Å². The third-order valence-corrected chi connectivity index (χ3v) is 3.78. The highest BCUT2D eigenvalue weighted by Gasteiger charge is 2.27. The summed E-state index contributed by atoms with van der Waals surface area (Å²) >= 11 is 0. The summed E-state index contributed by atoms with van der Waals surface area (Å²) in [6, 6.07) is 0. The fourth-order valence-corrected chi connectivity index (χ4v) is 2.59. The van der Waals surface area contributed by atoms with E-state index in [0.29, 0.717) is 26.3 Å². The molecular weight excluding hydrogens is 206 g/mol. The highest BCUT2D eigenvalue weighted by atomic mass is 32.2. The molecule has 0 saturated carbocycles. The molecule has 6 nitrogen and oxygen atoms in total. The Morgan fingerprint density at radius 1 is 1.43 bits per heavy atom. The van der Waals surface area contributed by atoms with E-state index in [1.807, 2.05) is 0 Å². The number of hydrogen-bond acceptors (Lipinski definition) is 4. The Balaban J connectivity index is 2.23. The zero-order chi connectivity index (χ0) is 10.0. The Morgan fingerprint density at radius 2 is 2.14 bits per heavy atom. The number of H-pyrrole nitrogens is 1. The van der Waals surface area contributed by atoms with E-state index in [1.54, 1.807) is 0 Å². The first-order valence-corrected chi connectivity index (χ1v) is 5.72. The van der Waals surface area contributed by atoms with Gasteiger partial charge in [-0.05, 0) is 0 Å². The molecule has 2 heterocycles. The lowest BCUT2D eigenvalue weighted by molar-refractivity contribution is 0.0728. The molecule has 2 rings (SSSR count). The van der Waals surface area contributed by atoms with Crippen LogP contribution < -0.4 is 0 Å². The molecule has 0 amide bonds. The lowest BCUT2D eigenvalue weighted by atomic mass is 10.5. The molecule has 14 heavy (non-hydrogen) atoms. The van der Waals surface area contributed by atoms with Crippen molar-refractivity contribution in [1.82, 2.24) is 14.3 Å². The van der Waals surface area contributed by atoms with Gasteiger partial charge in [-0.2, -0.15) is 4.31 Å². The SMILES string of the molecule is O=S(=O)(c1ncc[nH]1)N1CCOCC1. The zero-order valence-electron chi connectivity index (χ0n) is 7.51. The Kier molecular flexibility index (Phi) is 2.53. The molecule has 0 unspecified atom stereocenters. The van der Waals surface area contributed by atoms with Gasteiger partial charge in [-0.25, -0.2) is 13.4 Å². The van der Waals surface area contributed by atoms with E-state index >= 15 is 0 Å². The highest BCUT2D eigenvalue weighted by molar-refractivity contribution is 7.88. The summed E-state index contributed by atoms with van der Waals surface area (Å²) in [6.07, 6.45) is 2.92. The quantitative estimate of drug-likeness (QED) is 0.720. The predicted molar refractivity (Wildman–Crippen MR) is 48.2 cm³/mol. The van der Waals surface area contributed by atoms with E-state index in [-0.39, 0.29) is 5.16 Å². The standard InChI is InChI=1S/C7H11N3O3S/c11-14(12,7-8-1-2-9-7)10-3-5-13-6-4-10/h1-2H,3-6H2,(H,8,9). The molecule has 1 fully saturated rings. The Labute approximate surface area is 81.9 Å². The molecule has 1 N–H and O–H groups in total. The fraction of sp³-hybridized carbons (Fsp3) is 0.571. The number of hydrogen-bond donors (Lipinski definition) is 1. The highest BCUT2D eigenvalue weighted by Crippen LogP contribution is 2.11. The van der Waals surface area contributed by atoms with E-state index in [0.717, 1.165) is 0 Å². The molecule has 0 atom stereocenters. The Morgan fingerprint density at radius 3 is 2.71 bits per heavy atom. The molecule has 1 aliphatic heterocycles. The largest absolute Gasteiger partial charge is 0.379 e. The van der Waals surface area contributed by atoms with Crippen molar-refractivity contribution in [3.05, 3.63) is 12.4 Å². The van der Waals surface area contributed by atoms with Crippen molar-refractivity contribution in [2.45, 2.75) is 5.16 Å². The number of aromatic amines is 1. The smallest absolute Gasteiger partial charge is 0.276 e. The number of ether oxygens (including phenoxy) is 1. The van der Waals surface area contributed by atoms with Crippen LogP contribution in [0.25, 0.3) is 0 Å². The second-order valence-electron chi connectivity index (χ2n) is 2.91. The van der Waals surface area contributed by atoms with Gasteiger partial charge in [0, 0.05) is 25.5 Å². The maximum atomic E-state index is 11.8. The average molecular weight is 217 g/mol. The number of morpholine rings is 1. The summed E-state index contributed by atoms with van der Waals surface area (Å²) in [4.78, 5) is 6.33. The van der Waals surface area contributed by atoms with E-state index in [1.165, 1.54) is 16.7 Å². The van der Waals surface area contributed by atoms with E-state index in [4.69, 9.17) is 4.74 Å². The van der Waals surface area contributed by atoms with Crippen LogP contribution in [0.2, 0.25) is 0 Å². The normalized spacial score (nSPS) is 19.7. The Bertz CT molecular complexity index is 380.